The molecule has 1 aromatic carbocycles. The number of benzene rings is 1. The quantitative estimate of drug-likeness (QED) is 0.607. The molecule has 6 heteroatoms. The van der Waals surface area contributed by atoms with Crippen molar-refractivity contribution in [3.63, 3.8) is 0 Å². The number of alkyl halides is 3. The Morgan fingerprint density at radius 1 is 1.35 bits per heavy atom. The lowest BCUT2D eigenvalue weighted by molar-refractivity contribution is -0.0888. The molecule has 0 N–H and O–H groups in total. The maximum absolute atomic E-state index is 12.3. The first kappa shape index (κ1) is 13.5. The Hall–Kier alpha value is -1.56. The van der Waals surface area contributed by atoms with Gasteiger partial charge < -0.3 is 9.47 Å². The van der Waals surface area contributed by atoms with Crippen molar-refractivity contribution in [3.8, 4) is 5.75 Å². The maximum Gasteiger partial charge on any atom is 0.455 e. The van der Waals surface area contributed by atoms with Crippen LogP contribution in [0.25, 0.3) is 0 Å². The van der Waals surface area contributed by atoms with Crippen molar-refractivity contribution in [1.29, 1.82) is 0 Å². The summed E-state index contributed by atoms with van der Waals surface area (Å²) in [6.07, 6.45) is -4.92. The summed E-state index contributed by atoms with van der Waals surface area (Å²) in [5, 5.41) is 0. The molecule has 0 amide bonds. The summed E-state index contributed by atoms with van der Waals surface area (Å²) in [5.74, 6) is -2.06. The van der Waals surface area contributed by atoms with E-state index in [-0.39, 0.29) is 12.5 Å². The zero-order valence-electron chi connectivity index (χ0n) is 9.30. The van der Waals surface area contributed by atoms with Gasteiger partial charge in [0.25, 0.3) is 5.78 Å². The highest BCUT2D eigenvalue weighted by Gasteiger charge is 2.40. The molecule has 0 radical (unpaired) electrons. The lowest BCUT2D eigenvalue weighted by Gasteiger charge is -2.12. The van der Waals surface area contributed by atoms with E-state index in [1.54, 1.807) is 13.0 Å². The molecule has 0 aliphatic rings. The van der Waals surface area contributed by atoms with Crippen molar-refractivity contribution >= 4 is 5.78 Å². The monoisotopic (exact) mass is 248 g/mol. The van der Waals surface area contributed by atoms with Crippen LogP contribution in [0.3, 0.4) is 0 Å². The van der Waals surface area contributed by atoms with Crippen LogP contribution in [-0.4, -0.2) is 25.9 Å². The minimum atomic E-state index is -4.92. The van der Waals surface area contributed by atoms with Gasteiger partial charge in [-0.2, -0.15) is 13.2 Å². The van der Waals surface area contributed by atoms with Gasteiger partial charge in [-0.25, -0.2) is 0 Å². The molecule has 1 aromatic rings. The van der Waals surface area contributed by atoms with Crippen LogP contribution < -0.4 is 4.74 Å². The third-order valence-corrected chi connectivity index (χ3v) is 1.97. The van der Waals surface area contributed by atoms with Gasteiger partial charge in [0.05, 0.1) is 5.56 Å². The molecule has 0 fully saturated rings. The van der Waals surface area contributed by atoms with Crippen molar-refractivity contribution in [2.24, 2.45) is 0 Å². The average molecular weight is 248 g/mol. The smallest absolute Gasteiger partial charge is 0.455 e. The summed E-state index contributed by atoms with van der Waals surface area (Å²) in [7, 11) is 1.33. The fourth-order valence-electron chi connectivity index (χ4n) is 1.22. The Kier molecular flexibility index (Phi) is 4.11. The first-order valence-electron chi connectivity index (χ1n) is 4.70. The SMILES string of the molecule is COCOc1ccc(C)cc1C(=O)C(F)(F)F. The summed E-state index contributed by atoms with van der Waals surface area (Å²) >= 11 is 0. The van der Waals surface area contributed by atoms with E-state index in [1.165, 1.54) is 13.2 Å². The van der Waals surface area contributed by atoms with Gasteiger partial charge in [0.2, 0.25) is 0 Å². The van der Waals surface area contributed by atoms with E-state index in [4.69, 9.17) is 4.74 Å². The number of hydrogen-bond acceptors (Lipinski definition) is 3. The molecule has 17 heavy (non-hydrogen) atoms. The Morgan fingerprint density at radius 2 is 2.00 bits per heavy atom. The van der Waals surface area contributed by atoms with Crippen molar-refractivity contribution in [2.45, 2.75) is 13.1 Å². The third kappa shape index (κ3) is 3.45. The number of hydrogen-bond donors (Lipinski definition) is 0. The molecule has 0 heterocycles. The molecule has 0 atom stereocenters. The Bertz CT molecular complexity index is 413. The van der Waals surface area contributed by atoms with E-state index in [0.717, 1.165) is 6.07 Å². The van der Waals surface area contributed by atoms with E-state index in [0.29, 0.717) is 5.56 Å². The van der Waals surface area contributed by atoms with Crippen molar-refractivity contribution in [3.05, 3.63) is 29.3 Å². The topological polar surface area (TPSA) is 35.5 Å². The highest BCUT2D eigenvalue weighted by molar-refractivity contribution is 6.02. The second kappa shape index (κ2) is 5.18. The number of carbonyl (C=O) groups excluding carboxylic acids is 1. The zero-order chi connectivity index (χ0) is 13.1. The first-order chi connectivity index (χ1) is 7.86. The standard InChI is InChI=1S/C11H11F3O3/c1-7-3-4-9(17-6-16-2)8(5-7)10(15)11(12,13)14/h3-5H,6H2,1-2H3. The van der Waals surface area contributed by atoms with Gasteiger partial charge >= 0.3 is 6.18 Å². The summed E-state index contributed by atoms with van der Waals surface area (Å²) in [6.45, 7) is 1.37. The molecule has 0 aliphatic carbocycles. The Labute approximate surface area is 96.1 Å². The minimum Gasteiger partial charge on any atom is -0.467 e. The predicted octanol–water partition coefficient (Wildman–Crippen LogP) is 2.72. The van der Waals surface area contributed by atoms with E-state index in [9.17, 15) is 18.0 Å². The molecule has 0 bridgehead atoms. The minimum absolute atomic E-state index is 0.139. The van der Waals surface area contributed by atoms with Gasteiger partial charge in [0, 0.05) is 7.11 Å². The highest BCUT2D eigenvalue weighted by atomic mass is 19.4. The van der Waals surface area contributed by atoms with E-state index in [1.807, 2.05) is 0 Å². The zero-order valence-corrected chi connectivity index (χ0v) is 9.30. The van der Waals surface area contributed by atoms with Gasteiger partial charge in [-0.3, -0.25) is 4.79 Å². The molecule has 0 unspecified atom stereocenters. The number of Topliss-reactive ketones (excluding diaryl/α,β-unsaturated/α-hetero) is 1. The lowest BCUT2D eigenvalue weighted by atomic mass is 10.1. The van der Waals surface area contributed by atoms with Gasteiger partial charge in [-0.1, -0.05) is 11.6 Å². The van der Waals surface area contributed by atoms with Crippen LogP contribution >= 0.6 is 0 Å². The second-order valence-electron chi connectivity index (χ2n) is 3.38. The number of rotatable bonds is 4. The largest absolute Gasteiger partial charge is 0.467 e. The number of carbonyl (C=O) groups is 1. The fraction of sp³-hybridized carbons (Fsp3) is 0.364. The van der Waals surface area contributed by atoms with Crippen LogP contribution in [0.15, 0.2) is 18.2 Å². The molecule has 0 aromatic heterocycles. The Balaban J connectivity index is 3.11. The van der Waals surface area contributed by atoms with Crippen molar-refractivity contribution in [1.82, 2.24) is 0 Å². The third-order valence-electron chi connectivity index (χ3n) is 1.97. The number of ether oxygens (including phenoxy) is 2. The fourth-order valence-corrected chi connectivity index (χ4v) is 1.22. The molecule has 1 rings (SSSR count). The summed E-state index contributed by atoms with van der Waals surface area (Å²) < 4.78 is 46.5. The van der Waals surface area contributed by atoms with E-state index >= 15 is 0 Å². The van der Waals surface area contributed by atoms with Crippen LogP contribution in [0.1, 0.15) is 15.9 Å². The van der Waals surface area contributed by atoms with Crippen LogP contribution in [0.2, 0.25) is 0 Å². The van der Waals surface area contributed by atoms with Gasteiger partial charge in [-0.15, -0.1) is 0 Å². The number of aryl methyl sites for hydroxylation is 1. The number of methoxy groups -OCH3 is 1. The molecular weight excluding hydrogens is 237 g/mol. The predicted molar refractivity (Wildman–Crippen MR) is 54.1 cm³/mol. The molecular formula is C11H11F3O3. The summed E-state index contributed by atoms with van der Waals surface area (Å²) in [6, 6.07) is 4.01. The maximum atomic E-state index is 12.3. The summed E-state index contributed by atoms with van der Waals surface area (Å²) in [5.41, 5.74) is 0.0388. The first-order valence-corrected chi connectivity index (χ1v) is 4.70. The van der Waals surface area contributed by atoms with Crippen LogP contribution in [0, 0.1) is 6.92 Å². The lowest BCUT2D eigenvalue weighted by Crippen LogP contribution is -2.23. The van der Waals surface area contributed by atoms with Gasteiger partial charge in [-0.05, 0) is 19.1 Å². The van der Waals surface area contributed by atoms with E-state index in [2.05, 4.69) is 4.74 Å². The Morgan fingerprint density at radius 3 is 2.53 bits per heavy atom. The van der Waals surface area contributed by atoms with Crippen LogP contribution in [0.5, 0.6) is 5.75 Å². The van der Waals surface area contributed by atoms with Crippen LogP contribution in [-0.2, 0) is 4.74 Å². The second-order valence-corrected chi connectivity index (χ2v) is 3.38. The average Bonchev–Trinajstić information content (AvgIpc) is 2.25. The van der Waals surface area contributed by atoms with E-state index < -0.39 is 17.5 Å². The van der Waals surface area contributed by atoms with Gasteiger partial charge in [0.15, 0.2) is 6.79 Å². The summed E-state index contributed by atoms with van der Waals surface area (Å²) in [4.78, 5) is 11.2. The highest BCUT2D eigenvalue weighted by Crippen LogP contribution is 2.28. The molecule has 0 aliphatic heterocycles. The molecule has 0 saturated heterocycles. The molecule has 0 saturated carbocycles. The van der Waals surface area contributed by atoms with Gasteiger partial charge in [0.1, 0.15) is 5.75 Å². The molecule has 0 spiro atoms. The normalized spacial score (nSPS) is 11.4. The number of halogens is 3. The van der Waals surface area contributed by atoms with Crippen LogP contribution in [0.4, 0.5) is 13.2 Å². The number of ketones is 1. The van der Waals surface area contributed by atoms with Crippen molar-refractivity contribution in [2.75, 3.05) is 13.9 Å². The molecule has 3 nitrogen and oxygen atoms in total. The van der Waals surface area contributed by atoms with Crippen molar-refractivity contribution < 1.29 is 27.4 Å². The molecule has 94 valence electrons.